The van der Waals surface area contributed by atoms with Crippen LogP contribution in [0.1, 0.15) is 87.8 Å². The Morgan fingerprint density at radius 2 is 1.56 bits per heavy atom. The lowest BCUT2D eigenvalue weighted by molar-refractivity contribution is -0.697. The van der Waals surface area contributed by atoms with Crippen LogP contribution in [0.5, 0.6) is 0 Å². The molecule has 0 N–H and O–H groups in total. The molecule has 3 nitrogen and oxygen atoms in total. The molecule has 0 atom stereocenters. The standard InChI is InChI=1S/C29H42N3/c1-4-5-6-7-8-9-10-11-12-23-32-24-20-28(26(2)25-32)17-14-27-15-18-29(19-16-27)31(3)22-13-21-30/h14-20,24-25H,4-13,22-23H2,1-3H3/q+1. The summed E-state index contributed by atoms with van der Waals surface area (Å²) in [5, 5.41) is 8.74. The summed E-state index contributed by atoms with van der Waals surface area (Å²) in [7, 11) is 2.03. The molecule has 0 unspecified atom stereocenters. The topological polar surface area (TPSA) is 30.9 Å². The van der Waals surface area contributed by atoms with Crippen molar-refractivity contribution in [1.29, 1.82) is 5.26 Å². The summed E-state index contributed by atoms with van der Waals surface area (Å²) < 4.78 is 2.33. The first kappa shape index (κ1) is 25.7. The van der Waals surface area contributed by atoms with E-state index in [1.807, 2.05) is 7.05 Å². The number of aromatic nitrogens is 1. The van der Waals surface area contributed by atoms with E-state index in [0.717, 1.165) is 18.8 Å². The molecule has 0 aliphatic carbocycles. The van der Waals surface area contributed by atoms with Crippen molar-refractivity contribution in [1.82, 2.24) is 0 Å². The molecule has 0 aliphatic rings. The Morgan fingerprint density at radius 3 is 2.19 bits per heavy atom. The van der Waals surface area contributed by atoms with Crippen LogP contribution in [0.25, 0.3) is 12.2 Å². The van der Waals surface area contributed by atoms with Crippen LogP contribution in [0, 0.1) is 18.3 Å². The Morgan fingerprint density at radius 1 is 0.906 bits per heavy atom. The highest BCUT2D eigenvalue weighted by molar-refractivity contribution is 5.71. The molecule has 172 valence electrons. The number of anilines is 1. The molecule has 3 heteroatoms. The van der Waals surface area contributed by atoms with E-state index < -0.39 is 0 Å². The van der Waals surface area contributed by atoms with Crippen molar-refractivity contribution in [2.24, 2.45) is 0 Å². The van der Waals surface area contributed by atoms with Crippen molar-refractivity contribution in [2.45, 2.75) is 84.6 Å². The lowest BCUT2D eigenvalue weighted by Crippen LogP contribution is -2.33. The van der Waals surface area contributed by atoms with Crippen LogP contribution in [0.15, 0.2) is 42.7 Å². The van der Waals surface area contributed by atoms with Crippen LogP contribution >= 0.6 is 0 Å². The van der Waals surface area contributed by atoms with Crippen LogP contribution in [-0.4, -0.2) is 13.6 Å². The second-order valence-electron chi connectivity index (χ2n) is 8.90. The van der Waals surface area contributed by atoms with Gasteiger partial charge in [0.25, 0.3) is 0 Å². The maximum absolute atomic E-state index is 8.74. The van der Waals surface area contributed by atoms with E-state index in [-0.39, 0.29) is 0 Å². The SMILES string of the molecule is CCCCCCCCCCC[n+]1ccc(/C=C/c2ccc(N(C)CCC#N)cc2)c(C)c1. The molecular formula is C29H42N3+. The molecule has 32 heavy (non-hydrogen) atoms. The van der Waals surface area contributed by atoms with E-state index in [1.54, 1.807) is 0 Å². The van der Waals surface area contributed by atoms with Gasteiger partial charge < -0.3 is 4.90 Å². The van der Waals surface area contributed by atoms with Gasteiger partial charge in [-0.15, -0.1) is 0 Å². The van der Waals surface area contributed by atoms with Crippen LogP contribution < -0.4 is 9.47 Å². The Hall–Kier alpha value is -2.60. The van der Waals surface area contributed by atoms with Crippen LogP contribution in [0.2, 0.25) is 0 Å². The fourth-order valence-electron chi connectivity index (χ4n) is 3.98. The molecule has 0 aliphatic heterocycles. The summed E-state index contributed by atoms with van der Waals surface area (Å²) in [4.78, 5) is 2.12. The Bertz CT molecular complexity index is 846. The van der Waals surface area contributed by atoms with Gasteiger partial charge in [-0.3, -0.25) is 0 Å². The fraction of sp³-hybridized carbons (Fsp3) is 0.517. The van der Waals surface area contributed by atoms with Crippen molar-refractivity contribution in [3.05, 3.63) is 59.4 Å². The summed E-state index contributed by atoms with van der Waals surface area (Å²) >= 11 is 0. The van der Waals surface area contributed by atoms with Gasteiger partial charge in [0, 0.05) is 37.3 Å². The monoisotopic (exact) mass is 432 g/mol. The number of aryl methyl sites for hydroxylation is 2. The lowest BCUT2D eigenvalue weighted by Gasteiger charge is -2.17. The summed E-state index contributed by atoms with van der Waals surface area (Å²) in [5.74, 6) is 0. The summed E-state index contributed by atoms with van der Waals surface area (Å²) in [6.45, 7) is 6.34. The zero-order chi connectivity index (χ0) is 23.0. The number of benzene rings is 1. The molecule has 0 bridgehead atoms. The van der Waals surface area contributed by atoms with Crippen LogP contribution in [0.4, 0.5) is 5.69 Å². The van der Waals surface area contributed by atoms with Gasteiger partial charge in [-0.25, -0.2) is 4.57 Å². The molecule has 0 amide bonds. The fourth-order valence-corrected chi connectivity index (χ4v) is 3.98. The second kappa shape index (κ2) is 15.2. The van der Waals surface area contributed by atoms with Gasteiger partial charge in [0.05, 0.1) is 12.5 Å². The quantitative estimate of drug-likeness (QED) is 0.218. The predicted molar refractivity (Wildman–Crippen MR) is 137 cm³/mol. The average Bonchev–Trinajstić information content (AvgIpc) is 2.81. The van der Waals surface area contributed by atoms with Crippen molar-refractivity contribution in [3.8, 4) is 6.07 Å². The van der Waals surface area contributed by atoms with Crippen LogP contribution in [-0.2, 0) is 6.54 Å². The highest BCUT2D eigenvalue weighted by Crippen LogP contribution is 2.17. The molecule has 1 aromatic heterocycles. The smallest absolute Gasteiger partial charge is 0.172 e. The largest absolute Gasteiger partial charge is 0.374 e. The number of nitriles is 1. The summed E-state index contributed by atoms with van der Waals surface area (Å²) in [6, 6.07) is 12.9. The third-order valence-electron chi connectivity index (χ3n) is 6.13. The van der Waals surface area contributed by atoms with Gasteiger partial charge >= 0.3 is 0 Å². The number of nitrogens with zero attached hydrogens (tertiary/aromatic N) is 3. The first-order valence-corrected chi connectivity index (χ1v) is 12.5. The lowest BCUT2D eigenvalue weighted by atomic mass is 10.1. The minimum Gasteiger partial charge on any atom is -0.374 e. The van der Waals surface area contributed by atoms with Gasteiger partial charge in [-0.1, -0.05) is 76.2 Å². The Balaban J connectivity index is 1.76. The van der Waals surface area contributed by atoms with Gasteiger partial charge in [-0.05, 0) is 36.6 Å². The molecule has 0 fully saturated rings. The molecule has 0 spiro atoms. The highest BCUT2D eigenvalue weighted by atomic mass is 15.1. The molecule has 2 rings (SSSR count). The average molecular weight is 433 g/mol. The van der Waals surface area contributed by atoms with Gasteiger partial charge in [-0.2, -0.15) is 5.26 Å². The maximum Gasteiger partial charge on any atom is 0.172 e. The van der Waals surface area contributed by atoms with E-state index in [4.69, 9.17) is 5.26 Å². The summed E-state index contributed by atoms with van der Waals surface area (Å²) in [5.41, 5.74) is 4.91. The van der Waals surface area contributed by atoms with E-state index >= 15 is 0 Å². The molecule has 2 aromatic rings. The third kappa shape index (κ3) is 9.69. The van der Waals surface area contributed by atoms with Crippen molar-refractivity contribution in [3.63, 3.8) is 0 Å². The van der Waals surface area contributed by atoms with Gasteiger partial charge in [0.2, 0.25) is 0 Å². The maximum atomic E-state index is 8.74. The van der Waals surface area contributed by atoms with E-state index in [2.05, 4.69) is 84.3 Å². The first-order chi connectivity index (χ1) is 15.6. The number of rotatable bonds is 15. The normalized spacial score (nSPS) is 11.1. The molecule has 0 saturated carbocycles. The van der Waals surface area contributed by atoms with E-state index in [0.29, 0.717) is 6.42 Å². The zero-order valence-corrected chi connectivity index (χ0v) is 20.5. The first-order valence-electron chi connectivity index (χ1n) is 12.5. The minimum atomic E-state index is 0.546. The van der Waals surface area contributed by atoms with Crippen molar-refractivity contribution in [2.75, 3.05) is 18.5 Å². The van der Waals surface area contributed by atoms with Crippen molar-refractivity contribution >= 4 is 17.8 Å². The third-order valence-corrected chi connectivity index (χ3v) is 6.13. The van der Waals surface area contributed by atoms with Crippen molar-refractivity contribution < 1.29 is 4.57 Å². The zero-order valence-electron chi connectivity index (χ0n) is 20.5. The van der Waals surface area contributed by atoms with Gasteiger partial charge in [0.1, 0.15) is 6.54 Å². The predicted octanol–water partition coefficient (Wildman–Crippen LogP) is 7.33. The molecule has 0 saturated heterocycles. The number of pyridine rings is 1. The minimum absolute atomic E-state index is 0.546. The Labute approximate surface area is 196 Å². The molecular weight excluding hydrogens is 390 g/mol. The number of unbranched alkanes of at least 4 members (excludes halogenated alkanes) is 8. The summed E-state index contributed by atoms with van der Waals surface area (Å²) in [6.07, 6.45) is 21.8. The Kier molecular flexibility index (Phi) is 12.2. The van der Waals surface area contributed by atoms with Crippen LogP contribution in [0.3, 0.4) is 0 Å². The number of hydrogen-bond donors (Lipinski definition) is 0. The number of hydrogen-bond acceptors (Lipinski definition) is 2. The highest BCUT2D eigenvalue weighted by Gasteiger charge is 2.05. The van der Waals surface area contributed by atoms with E-state index in [1.165, 1.54) is 74.5 Å². The second-order valence-corrected chi connectivity index (χ2v) is 8.90. The molecule has 0 radical (unpaired) electrons. The van der Waals surface area contributed by atoms with Gasteiger partial charge in [0.15, 0.2) is 12.4 Å². The molecule has 1 aromatic carbocycles. The molecule has 1 heterocycles. The van der Waals surface area contributed by atoms with E-state index in [9.17, 15) is 0 Å².